The van der Waals surface area contributed by atoms with Crippen LogP contribution < -0.4 is 11.2 Å². The summed E-state index contributed by atoms with van der Waals surface area (Å²) < 4.78 is 14.5. The maximum absolute atomic E-state index is 13.6. The van der Waals surface area contributed by atoms with E-state index in [9.17, 15) is 9.59 Å². The minimum Gasteiger partial charge on any atom is -0.464 e. The van der Waals surface area contributed by atoms with Crippen LogP contribution in [0.1, 0.15) is 107 Å². The Labute approximate surface area is 328 Å². The highest BCUT2D eigenvalue weighted by molar-refractivity contribution is 7.10. The van der Waals surface area contributed by atoms with Gasteiger partial charge in [-0.25, -0.2) is 10.4 Å². The summed E-state index contributed by atoms with van der Waals surface area (Å²) in [7, 11) is 0. The number of carbonyl (C=O) groups is 2. The number of nitrogens with two attached hydrogens (primary N) is 1. The van der Waals surface area contributed by atoms with E-state index in [1.807, 2.05) is 6.92 Å². The minimum absolute atomic E-state index is 0.216. The van der Waals surface area contributed by atoms with E-state index in [0.29, 0.717) is 37.8 Å². The first-order valence-corrected chi connectivity index (χ1v) is 21.2. The third kappa shape index (κ3) is 7.36. The highest BCUT2D eigenvalue weighted by Gasteiger charge is 2.37. The number of fused-ring (bicyclic) bond motifs is 7. The number of esters is 1. The largest absolute Gasteiger partial charge is 0.464 e. The Hall–Kier alpha value is -3.68. The zero-order valence-corrected chi connectivity index (χ0v) is 34.1. The molecule has 1 aromatic carbocycles. The summed E-state index contributed by atoms with van der Waals surface area (Å²) in [6.45, 7) is 18.2. The van der Waals surface area contributed by atoms with Crippen molar-refractivity contribution in [3.05, 3.63) is 57.7 Å². The van der Waals surface area contributed by atoms with E-state index < -0.39 is 17.5 Å². The molecule has 12 heteroatoms. The molecule has 7 heterocycles. The monoisotopic (exact) mass is 767 g/mol. The fraction of sp³-hybridized carbons (Fsp3) is 0.581. The molecule has 0 saturated carbocycles. The first-order valence-electron chi connectivity index (χ1n) is 20.3. The van der Waals surface area contributed by atoms with Gasteiger partial charge in [0.2, 0.25) is 0 Å². The zero-order valence-electron chi connectivity index (χ0n) is 33.3. The first-order chi connectivity index (χ1) is 26.4. The predicted octanol–water partition coefficient (Wildman–Crippen LogP) is 6.60. The van der Waals surface area contributed by atoms with Gasteiger partial charge in [0, 0.05) is 70.6 Å². The van der Waals surface area contributed by atoms with Crippen molar-refractivity contribution in [1.82, 2.24) is 29.9 Å². The molecule has 0 radical (unpaired) electrons. The van der Waals surface area contributed by atoms with Crippen LogP contribution in [0.2, 0.25) is 0 Å². The van der Waals surface area contributed by atoms with E-state index in [1.165, 1.54) is 44.1 Å². The highest BCUT2D eigenvalue weighted by atomic mass is 32.1. The maximum atomic E-state index is 13.6. The van der Waals surface area contributed by atoms with Gasteiger partial charge in [-0.2, -0.15) is 0 Å². The van der Waals surface area contributed by atoms with Crippen molar-refractivity contribution in [1.29, 1.82) is 0 Å². The number of aryl methyl sites for hydroxylation is 1. The van der Waals surface area contributed by atoms with Gasteiger partial charge < -0.3 is 19.8 Å². The molecule has 3 fully saturated rings. The summed E-state index contributed by atoms with van der Waals surface area (Å²) in [4.78, 5) is 40.1. The third-order valence-corrected chi connectivity index (χ3v) is 13.4. The lowest BCUT2D eigenvalue weighted by Gasteiger charge is -2.42. The number of nitrogens with zero attached hydrogens (tertiary/aromatic N) is 5. The lowest BCUT2D eigenvalue weighted by Crippen LogP contribution is -2.59. The van der Waals surface area contributed by atoms with Crippen LogP contribution in [0.4, 0.5) is 0 Å². The lowest BCUT2D eigenvalue weighted by molar-refractivity contribution is -0.155. The normalized spacial score (nSPS) is 26.5. The van der Waals surface area contributed by atoms with E-state index in [-0.39, 0.29) is 30.3 Å². The van der Waals surface area contributed by atoms with E-state index >= 15 is 0 Å². The van der Waals surface area contributed by atoms with Crippen molar-refractivity contribution >= 4 is 34.1 Å². The van der Waals surface area contributed by atoms with Gasteiger partial charge in [-0.05, 0) is 86.7 Å². The number of benzene rings is 1. The number of thiazole rings is 1. The molecule has 55 heavy (non-hydrogen) atoms. The number of ether oxygens (including phenoxy) is 2. The number of cyclic esters (lactones) is 1. The SMILES string of the molecule is CCn1c(-c2cc([C@@H]3CCN4CCOC[C@@H]4C3)cnc2C(C)C)c2c3cc(ccc31)-c1csc(n1)[C@@H](C)[C@H](N)C(=O)N1CCC[C@H](N1)C(=O)OCC(C)(C)C2. The maximum Gasteiger partial charge on any atom is 0.324 e. The van der Waals surface area contributed by atoms with Gasteiger partial charge in [-0.1, -0.05) is 40.7 Å². The fourth-order valence-electron chi connectivity index (χ4n) is 9.22. The highest BCUT2D eigenvalue weighted by Crippen LogP contribution is 2.44. The molecular weight excluding hydrogens is 711 g/mol. The van der Waals surface area contributed by atoms with Gasteiger partial charge in [0.25, 0.3) is 5.91 Å². The number of amides is 1. The summed E-state index contributed by atoms with van der Waals surface area (Å²) >= 11 is 1.54. The Morgan fingerprint density at radius 1 is 1.13 bits per heavy atom. The summed E-state index contributed by atoms with van der Waals surface area (Å²) in [5.41, 5.74) is 18.4. The van der Waals surface area contributed by atoms with Crippen LogP contribution in [0.3, 0.4) is 0 Å². The van der Waals surface area contributed by atoms with Crippen LogP contribution in [0, 0.1) is 5.41 Å². The number of pyridine rings is 1. The van der Waals surface area contributed by atoms with Gasteiger partial charge in [-0.3, -0.25) is 24.5 Å². The Morgan fingerprint density at radius 2 is 1.96 bits per heavy atom. The number of carbonyl (C=O) groups excluding carboxylic acids is 2. The molecule has 8 rings (SSSR count). The first kappa shape index (κ1) is 38.2. The summed E-state index contributed by atoms with van der Waals surface area (Å²) in [6.07, 6.45) is 6.29. The summed E-state index contributed by atoms with van der Waals surface area (Å²) in [5.74, 6) is -0.255. The molecule has 5 atom stereocenters. The van der Waals surface area contributed by atoms with Crippen LogP contribution in [0.15, 0.2) is 35.8 Å². The van der Waals surface area contributed by atoms with Crippen molar-refractivity contribution in [2.45, 2.75) is 116 Å². The van der Waals surface area contributed by atoms with E-state index in [2.05, 4.69) is 85.4 Å². The number of morpholine rings is 1. The Bertz CT molecular complexity index is 2070. The van der Waals surface area contributed by atoms with Gasteiger partial charge in [-0.15, -0.1) is 11.3 Å². The molecular formula is C43H57N7O4S. The van der Waals surface area contributed by atoms with Crippen LogP contribution >= 0.6 is 11.3 Å². The lowest BCUT2D eigenvalue weighted by atomic mass is 9.82. The molecule has 4 aliphatic heterocycles. The number of hydrazine groups is 1. The molecule has 1 amide bonds. The van der Waals surface area contributed by atoms with Crippen LogP contribution in [0.25, 0.3) is 33.4 Å². The standard InChI is InChI=1S/C43H57N7O4S/c1-7-49-36-11-10-28-18-31(36)33(39(49)32-19-29(21-45-38(32)25(2)3)27-12-14-48-15-16-53-22-30(48)17-27)20-43(5,6)24-54-42(52)34-9-8-13-50(47-34)41(51)37(44)26(4)40-46-35(28)23-55-40/h10-11,18-19,21,23,25-27,30,34,37,47H,7-9,12-17,20,22,24,44H2,1-6H3/t26-,27+,30-,34-,37-/m0/s1. The zero-order chi connectivity index (χ0) is 38.6. The molecule has 0 aliphatic carbocycles. The van der Waals surface area contributed by atoms with Gasteiger partial charge in [0.1, 0.15) is 6.04 Å². The summed E-state index contributed by atoms with van der Waals surface area (Å²) in [6, 6.07) is 8.15. The third-order valence-electron chi connectivity index (χ3n) is 12.4. The molecule has 3 saturated heterocycles. The van der Waals surface area contributed by atoms with Crippen LogP contribution in [-0.4, -0.2) is 93.9 Å². The minimum atomic E-state index is -0.808. The van der Waals surface area contributed by atoms with Gasteiger partial charge in [0.15, 0.2) is 0 Å². The second kappa shape index (κ2) is 15.3. The van der Waals surface area contributed by atoms with Crippen LogP contribution in [-0.2, 0) is 32.0 Å². The number of rotatable bonds is 4. The van der Waals surface area contributed by atoms with Crippen molar-refractivity contribution in [3.63, 3.8) is 0 Å². The van der Waals surface area contributed by atoms with E-state index in [4.69, 9.17) is 25.2 Å². The van der Waals surface area contributed by atoms with Crippen molar-refractivity contribution in [2.75, 3.05) is 39.5 Å². The quantitative estimate of drug-likeness (QED) is 0.221. The second-order valence-corrected chi connectivity index (χ2v) is 18.2. The fourth-order valence-corrected chi connectivity index (χ4v) is 10.2. The smallest absolute Gasteiger partial charge is 0.324 e. The molecule has 11 nitrogen and oxygen atoms in total. The molecule has 6 bridgehead atoms. The molecule has 3 N–H and O–H groups in total. The molecule has 3 aromatic heterocycles. The molecule has 0 spiro atoms. The molecule has 4 aliphatic rings. The Kier molecular flexibility index (Phi) is 10.7. The predicted molar refractivity (Wildman–Crippen MR) is 217 cm³/mol. The topological polar surface area (TPSA) is 128 Å². The van der Waals surface area contributed by atoms with E-state index in [1.54, 1.807) is 0 Å². The number of piperidine rings is 1. The number of nitrogens with one attached hydrogen (secondary N) is 1. The van der Waals surface area contributed by atoms with Gasteiger partial charge in [0.05, 0.1) is 48.0 Å². The number of aromatic nitrogens is 3. The Balaban J connectivity index is 1.27. The number of hydrogen-bond acceptors (Lipinski definition) is 10. The average molecular weight is 768 g/mol. The molecule has 4 aromatic rings. The number of hydrogen-bond donors (Lipinski definition) is 2. The Morgan fingerprint density at radius 3 is 2.76 bits per heavy atom. The van der Waals surface area contributed by atoms with E-state index in [0.717, 1.165) is 73.2 Å². The van der Waals surface area contributed by atoms with Crippen LogP contribution in [0.5, 0.6) is 0 Å². The molecule has 294 valence electrons. The van der Waals surface area contributed by atoms with Crippen molar-refractivity contribution in [3.8, 4) is 22.5 Å². The van der Waals surface area contributed by atoms with Gasteiger partial charge >= 0.3 is 5.97 Å². The molecule has 0 unspecified atom stereocenters. The average Bonchev–Trinajstić information content (AvgIpc) is 3.81. The van der Waals surface area contributed by atoms with Crippen molar-refractivity contribution in [2.24, 2.45) is 11.1 Å². The summed E-state index contributed by atoms with van der Waals surface area (Å²) in [5, 5.41) is 5.57. The second-order valence-electron chi connectivity index (χ2n) is 17.3. The van der Waals surface area contributed by atoms with Crippen molar-refractivity contribution < 1.29 is 19.1 Å².